The van der Waals surface area contributed by atoms with Gasteiger partial charge >= 0.3 is 0 Å². The molecule has 0 saturated carbocycles. The van der Waals surface area contributed by atoms with Gasteiger partial charge in [0.2, 0.25) is 5.56 Å². The maximum atomic E-state index is 11.6. The molecule has 0 radical (unpaired) electrons. The van der Waals surface area contributed by atoms with E-state index in [1.165, 1.54) is 6.07 Å². The van der Waals surface area contributed by atoms with Gasteiger partial charge in [0.05, 0.1) is 24.6 Å². The lowest BCUT2D eigenvalue weighted by molar-refractivity contribution is 0.0398. The number of H-pyrrole nitrogens is 1. The Bertz CT molecular complexity index is 1310. The van der Waals surface area contributed by atoms with Crippen LogP contribution in [-0.2, 0) is 11.3 Å². The standard InChI is InChI=1S/C21H18N6O3/c1-29-14-2-3-15-17(11-14)22-9-7-18(15)30-12-20-25-24-19-5-4-16(26-27(19)20)13-6-8-23-21(28)10-13/h2-6,8-11,18H,7,12H2,1H3,(H,23,28). The van der Waals surface area contributed by atoms with Crippen molar-refractivity contribution in [2.45, 2.75) is 19.1 Å². The molecule has 4 heterocycles. The predicted molar refractivity (Wildman–Crippen MR) is 110 cm³/mol. The highest BCUT2D eigenvalue weighted by atomic mass is 16.5. The number of benzene rings is 1. The van der Waals surface area contributed by atoms with Gasteiger partial charge in [-0.05, 0) is 24.3 Å². The van der Waals surface area contributed by atoms with E-state index < -0.39 is 0 Å². The minimum atomic E-state index is -0.184. The number of hydrogen-bond donors (Lipinski definition) is 1. The Balaban J connectivity index is 1.41. The zero-order chi connectivity index (χ0) is 20.5. The van der Waals surface area contributed by atoms with Gasteiger partial charge in [-0.1, -0.05) is 6.07 Å². The first kappa shape index (κ1) is 18.2. The quantitative estimate of drug-likeness (QED) is 0.550. The molecule has 0 bridgehead atoms. The maximum absolute atomic E-state index is 11.6. The van der Waals surface area contributed by atoms with Gasteiger partial charge in [-0.3, -0.25) is 9.79 Å². The normalized spacial score (nSPS) is 15.3. The molecule has 0 amide bonds. The molecule has 9 nitrogen and oxygen atoms in total. The average molecular weight is 402 g/mol. The molecule has 1 unspecified atom stereocenters. The molecule has 9 heteroatoms. The molecule has 1 aromatic carbocycles. The fourth-order valence-corrected chi connectivity index (χ4v) is 3.42. The number of aromatic nitrogens is 5. The third-order valence-electron chi connectivity index (χ3n) is 4.95. The lowest BCUT2D eigenvalue weighted by Gasteiger charge is -2.21. The second-order valence-corrected chi connectivity index (χ2v) is 6.82. The van der Waals surface area contributed by atoms with E-state index in [1.807, 2.05) is 36.5 Å². The number of ether oxygens (including phenoxy) is 2. The number of methoxy groups -OCH3 is 1. The molecule has 4 aromatic rings. The van der Waals surface area contributed by atoms with Gasteiger partial charge in [-0.2, -0.15) is 9.61 Å². The monoisotopic (exact) mass is 402 g/mol. The van der Waals surface area contributed by atoms with Crippen LogP contribution in [0.15, 0.2) is 58.4 Å². The molecular formula is C21H18N6O3. The molecule has 0 aliphatic carbocycles. The van der Waals surface area contributed by atoms with Crippen molar-refractivity contribution in [1.29, 1.82) is 0 Å². The minimum absolute atomic E-state index is 0.147. The van der Waals surface area contributed by atoms with Gasteiger partial charge in [0.15, 0.2) is 11.5 Å². The number of fused-ring (bicyclic) bond motifs is 2. The van der Waals surface area contributed by atoms with Gasteiger partial charge in [-0.25, -0.2) is 0 Å². The lowest BCUT2D eigenvalue weighted by atomic mass is 10.0. The van der Waals surface area contributed by atoms with E-state index >= 15 is 0 Å². The Morgan fingerprint density at radius 3 is 2.97 bits per heavy atom. The summed E-state index contributed by atoms with van der Waals surface area (Å²) in [6.07, 6.45) is 3.96. The number of nitrogens with one attached hydrogen (secondary N) is 1. The smallest absolute Gasteiger partial charge is 0.248 e. The maximum Gasteiger partial charge on any atom is 0.248 e. The van der Waals surface area contributed by atoms with E-state index in [0.717, 1.165) is 17.0 Å². The molecule has 0 saturated heterocycles. The molecule has 1 atom stereocenters. The molecule has 0 fully saturated rings. The molecule has 5 rings (SSSR count). The zero-order valence-electron chi connectivity index (χ0n) is 16.1. The number of aliphatic imine (C=N–C) groups is 1. The molecule has 0 spiro atoms. The number of pyridine rings is 1. The summed E-state index contributed by atoms with van der Waals surface area (Å²) in [5.74, 6) is 1.33. The third kappa shape index (κ3) is 3.35. The number of rotatable bonds is 5. The Hall–Kier alpha value is -3.85. The zero-order valence-corrected chi connectivity index (χ0v) is 16.1. The van der Waals surface area contributed by atoms with Gasteiger partial charge in [-0.15, -0.1) is 10.2 Å². The summed E-state index contributed by atoms with van der Waals surface area (Å²) >= 11 is 0. The van der Waals surface area contributed by atoms with Crippen LogP contribution in [0.4, 0.5) is 5.69 Å². The topological polar surface area (TPSA) is 107 Å². The summed E-state index contributed by atoms with van der Waals surface area (Å²) in [6, 6.07) is 12.7. The summed E-state index contributed by atoms with van der Waals surface area (Å²) in [5, 5.41) is 13.0. The Morgan fingerprint density at radius 1 is 1.17 bits per heavy atom. The van der Waals surface area contributed by atoms with Gasteiger partial charge in [0, 0.05) is 42.1 Å². The van der Waals surface area contributed by atoms with E-state index in [4.69, 9.17) is 9.47 Å². The van der Waals surface area contributed by atoms with Crippen LogP contribution in [0, 0.1) is 0 Å². The van der Waals surface area contributed by atoms with Crippen LogP contribution in [0.5, 0.6) is 5.75 Å². The van der Waals surface area contributed by atoms with Crippen LogP contribution >= 0.6 is 0 Å². The summed E-state index contributed by atoms with van der Waals surface area (Å²) in [5.41, 5.74) is 3.63. The molecule has 1 N–H and O–H groups in total. The van der Waals surface area contributed by atoms with E-state index in [-0.39, 0.29) is 18.3 Å². The van der Waals surface area contributed by atoms with Gasteiger partial charge in [0.1, 0.15) is 12.4 Å². The second-order valence-electron chi connectivity index (χ2n) is 6.82. The highest BCUT2D eigenvalue weighted by Crippen LogP contribution is 2.36. The molecular weight excluding hydrogens is 384 g/mol. The largest absolute Gasteiger partial charge is 0.497 e. The van der Waals surface area contributed by atoms with Crippen molar-refractivity contribution >= 4 is 17.5 Å². The molecule has 30 heavy (non-hydrogen) atoms. The Morgan fingerprint density at radius 2 is 2.10 bits per heavy atom. The van der Waals surface area contributed by atoms with Gasteiger partial charge < -0.3 is 14.5 Å². The van der Waals surface area contributed by atoms with Crippen LogP contribution in [-0.4, -0.2) is 38.1 Å². The van der Waals surface area contributed by atoms with E-state index in [1.54, 1.807) is 23.9 Å². The Labute approximate surface area is 171 Å². The van der Waals surface area contributed by atoms with Crippen LogP contribution < -0.4 is 10.3 Å². The van der Waals surface area contributed by atoms with Crippen LogP contribution in [0.3, 0.4) is 0 Å². The lowest BCUT2D eigenvalue weighted by Crippen LogP contribution is -2.11. The predicted octanol–water partition coefficient (Wildman–Crippen LogP) is 2.85. The SMILES string of the molecule is COc1ccc2c(c1)N=CCC2OCc1nnc2ccc(-c3cc[nH]c(=O)c3)nn12. The minimum Gasteiger partial charge on any atom is -0.497 e. The highest BCUT2D eigenvalue weighted by molar-refractivity contribution is 5.70. The van der Waals surface area contributed by atoms with Crippen molar-refractivity contribution in [2.75, 3.05) is 7.11 Å². The van der Waals surface area contributed by atoms with Crippen LogP contribution in [0.2, 0.25) is 0 Å². The number of nitrogens with zero attached hydrogens (tertiary/aromatic N) is 5. The summed E-state index contributed by atoms with van der Waals surface area (Å²) in [6.45, 7) is 0.233. The van der Waals surface area contributed by atoms with Crippen LogP contribution in [0.25, 0.3) is 16.9 Å². The van der Waals surface area contributed by atoms with Crippen molar-refractivity contribution in [2.24, 2.45) is 4.99 Å². The number of hydrogen-bond acceptors (Lipinski definition) is 7. The highest BCUT2D eigenvalue weighted by Gasteiger charge is 2.20. The van der Waals surface area contributed by atoms with Crippen molar-refractivity contribution in [1.82, 2.24) is 24.8 Å². The van der Waals surface area contributed by atoms with Crippen molar-refractivity contribution in [3.05, 3.63) is 70.4 Å². The van der Waals surface area contributed by atoms with Crippen molar-refractivity contribution < 1.29 is 9.47 Å². The number of aromatic amines is 1. The second kappa shape index (κ2) is 7.53. The first-order valence-corrected chi connectivity index (χ1v) is 9.44. The molecule has 3 aromatic heterocycles. The molecule has 1 aliphatic rings. The van der Waals surface area contributed by atoms with E-state index in [2.05, 4.69) is 25.3 Å². The van der Waals surface area contributed by atoms with E-state index in [0.29, 0.717) is 29.1 Å². The van der Waals surface area contributed by atoms with Crippen molar-refractivity contribution in [3.8, 4) is 17.0 Å². The summed E-state index contributed by atoms with van der Waals surface area (Å²) in [4.78, 5) is 18.7. The van der Waals surface area contributed by atoms with Crippen LogP contribution in [0.1, 0.15) is 23.9 Å². The average Bonchev–Trinajstić information content (AvgIpc) is 3.19. The van der Waals surface area contributed by atoms with Crippen molar-refractivity contribution in [3.63, 3.8) is 0 Å². The van der Waals surface area contributed by atoms with Gasteiger partial charge in [0.25, 0.3) is 0 Å². The Kier molecular flexibility index (Phi) is 4.56. The fraction of sp³-hybridized carbons (Fsp3) is 0.190. The molecule has 1 aliphatic heterocycles. The summed E-state index contributed by atoms with van der Waals surface area (Å²) in [7, 11) is 1.63. The summed E-state index contributed by atoms with van der Waals surface area (Å²) < 4.78 is 13.1. The first-order valence-electron chi connectivity index (χ1n) is 9.44. The third-order valence-corrected chi connectivity index (χ3v) is 4.95. The fourth-order valence-electron chi connectivity index (χ4n) is 3.42. The first-order chi connectivity index (χ1) is 14.7. The molecule has 150 valence electrons. The van der Waals surface area contributed by atoms with E-state index in [9.17, 15) is 4.79 Å².